The van der Waals surface area contributed by atoms with Gasteiger partial charge in [0.1, 0.15) is 0 Å². The van der Waals surface area contributed by atoms with Crippen LogP contribution in [0, 0.1) is 0 Å². The summed E-state index contributed by atoms with van der Waals surface area (Å²) in [6, 6.07) is 6.01. The molecule has 1 aromatic rings. The Labute approximate surface area is 120 Å². The molecule has 8 heteroatoms. The maximum atomic E-state index is 11.9. The first kappa shape index (κ1) is 14.1. The van der Waals surface area contributed by atoms with Gasteiger partial charge in [-0.2, -0.15) is 10.2 Å². The summed E-state index contributed by atoms with van der Waals surface area (Å²) < 4.78 is 0. The van der Waals surface area contributed by atoms with Crippen molar-refractivity contribution in [3.8, 4) is 0 Å². The summed E-state index contributed by atoms with van der Waals surface area (Å²) >= 11 is 5.06. The second kappa shape index (κ2) is 5.33. The number of benzene rings is 1. The standard InChI is InChI=1S/C12H12N4O3S/c1-15-9(10(17)16(2)12(15)20)14-13-8-5-3-4-7(6-8)11(18)19/h3-6,9H,1-2H3,(H,18,19). The first-order chi connectivity index (χ1) is 9.41. The minimum absolute atomic E-state index is 0.111. The van der Waals surface area contributed by atoms with Gasteiger partial charge in [0.05, 0.1) is 11.3 Å². The van der Waals surface area contributed by atoms with E-state index in [2.05, 4.69) is 10.2 Å². The molecule has 0 radical (unpaired) electrons. The fourth-order valence-electron chi connectivity index (χ4n) is 1.72. The van der Waals surface area contributed by atoms with Gasteiger partial charge < -0.3 is 10.0 Å². The van der Waals surface area contributed by atoms with E-state index < -0.39 is 12.1 Å². The first-order valence-electron chi connectivity index (χ1n) is 5.70. The molecule has 1 N–H and O–H groups in total. The van der Waals surface area contributed by atoms with Crippen LogP contribution >= 0.6 is 12.2 Å². The number of azo groups is 1. The monoisotopic (exact) mass is 292 g/mol. The van der Waals surface area contributed by atoms with E-state index in [9.17, 15) is 9.59 Å². The molecule has 0 bridgehead atoms. The van der Waals surface area contributed by atoms with Gasteiger partial charge in [0, 0.05) is 14.1 Å². The van der Waals surface area contributed by atoms with E-state index >= 15 is 0 Å². The molecule has 1 atom stereocenters. The largest absolute Gasteiger partial charge is 0.478 e. The summed E-state index contributed by atoms with van der Waals surface area (Å²) in [6.45, 7) is 0. The van der Waals surface area contributed by atoms with Crippen molar-refractivity contribution in [3.05, 3.63) is 29.8 Å². The number of carboxylic acid groups (broad SMARTS) is 1. The molecule has 1 aliphatic rings. The predicted octanol–water partition coefficient (Wildman–Crippen LogP) is 1.48. The zero-order chi connectivity index (χ0) is 14.9. The lowest BCUT2D eigenvalue weighted by molar-refractivity contribution is -0.127. The number of carbonyl (C=O) groups is 2. The normalized spacial score (nSPS) is 19.2. The molecule has 2 rings (SSSR count). The Bertz CT molecular complexity index is 616. The zero-order valence-electron chi connectivity index (χ0n) is 10.8. The third-order valence-electron chi connectivity index (χ3n) is 2.88. The predicted molar refractivity (Wildman–Crippen MR) is 74.8 cm³/mol. The third kappa shape index (κ3) is 2.50. The number of amides is 1. The molecule has 1 aromatic carbocycles. The third-order valence-corrected chi connectivity index (χ3v) is 3.44. The summed E-state index contributed by atoms with van der Waals surface area (Å²) in [7, 11) is 3.23. The molecule has 1 amide bonds. The molecule has 1 saturated heterocycles. The average molecular weight is 292 g/mol. The highest BCUT2D eigenvalue weighted by Gasteiger charge is 2.38. The van der Waals surface area contributed by atoms with Gasteiger partial charge in [-0.05, 0) is 30.4 Å². The highest BCUT2D eigenvalue weighted by atomic mass is 32.1. The maximum absolute atomic E-state index is 11.9. The van der Waals surface area contributed by atoms with Crippen LogP contribution in [0.5, 0.6) is 0 Å². The fraction of sp³-hybridized carbons (Fsp3) is 0.250. The molecule has 0 saturated carbocycles. The number of likely N-dealkylation sites (N-methyl/N-ethyl adjacent to an activating group) is 2. The average Bonchev–Trinajstić information content (AvgIpc) is 2.62. The smallest absolute Gasteiger partial charge is 0.335 e. The van der Waals surface area contributed by atoms with E-state index in [1.807, 2.05) is 0 Å². The fourth-order valence-corrected chi connectivity index (χ4v) is 1.91. The molecule has 1 fully saturated rings. The molecule has 104 valence electrons. The van der Waals surface area contributed by atoms with Gasteiger partial charge in [-0.25, -0.2) is 4.79 Å². The number of carboxylic acids is 1. The van der Waals surface area contributed by atoms with E-state index in [1.54, 1.807) is 26.2 Å². The second-order valence-corrected chi connectivity index (χ2v) is 4.60. The van der Waals surface area contributed by atoms with Gasteiger partial charge >= 0.3 is 5.97 Å². The number of hydrogen-bond acceptors (Lipinski definition) is 5. The Kier molecular flexibility index (Phi) is 3.75. The molecule has 0 aliphatic carbocycles. The van der Waals surface area contributed by atoms with Gasteiger partial charge in [-0.1, -0.05) is 6.07 Å². The Balaban J connectivity index is 2.22. The minimum atomic E-state index is -1.04. The topological polar surface area (TPSA) is 85.6 Å². The van der Waals surface area contributed by atoms with Gasteiger partial charge in [0.2, 0.25) is 6.17 Å². The van der Waals surface area contributed by atoms with Crippen LogP contribution in [-0.4, -0.2) is 52.2 Å². The number of rotatable bonds is 3. The first-order valence-corrected chi connectivity index (χ1v) is 6.11. The summed E-state index contributed by atoms with van der Waals surface area (Å²) in [5, 5.41) is 17.1. The van der Waals surface area contributed by atoms with E-state index in [-0.39, 0.29) is 11.5 Å². The van der Waals surface area contributed by atoms with Gasteiger partial charge in [-0.3, -0.25) is 9.69 Å². The van der Waals surface area contributed by atoms with Crippen molar-refractivity contribution in [1.82, 2.24) is 9.80 Å². The number of carbonyl (C=O) groups excluding carboxylic acids is 1. The SMILES string of the molecule is CN1C(=O)C(N=Nc2cccc(C(=O)O)c2)N(C)C1=S. The summed E-state index contributed by atoms with van der Waals surface area (Å²) in [5.74, 6) is -1.31. The molecule has 1 aliphatic heterocycles. The van der Waals surface area contributed by atoms with Gasteiger partial charge in [0.15, 0.2) is 5.11 Å². The van der Waals surface area contributed by atoms with Crippen LogP contribution in [0.3, 0.4) is 0 Å². The van der Waals surface area contributed by atoms with Crippen LogP contribution < -0.4 is 0 Å². The van der Waals surface area contributed by atoms with Gasteiger partial charge in [0.25, 0.3) is 5.91 Å². The van der Waals surface area contributed by atoms with Crippen LogP contribution in [-0.2, 0) is 4.79 Å². The number of nitrogens with zero attached hydrogens (tertiary/aromatic N) is 4. The van der Waals surface area contributed by atoms with Crippen molar-refractivity contribution in [3.63, 3.8) is 0 Å². The van der Waals surface area contributed by atoms with Crippen molar-refractivity contribution in [2.45, 2.75) is 6.17 Å². The summed E-state index contributed by atoms with van der Waals surface area (Å²) in [4.78, 5) is 25.6. The lowest BCUT2D eigenvalue weighted by Gasteiger charge is -2.12. The van der Waals surface area contributed by atoms with Crippen LogP contribution in [0.4, 0.5) is 5.69 Å². The van der Waals surface area contributed by atoms with E-state index in [1.165, 1.54) is 21.9 Å². The lowest BCUT2D eigenvalue weighted by Crippen LogP contribution is -2.28. The molecule has 1 heterocycles. The van der Waals surface area contributed by atoms with Gasteiger partial charge in [-0.15, -0.1) is 0 Å². The molecule has 7 nitrogen and oxygen atoms in total. The van der Waals surface area contributed by atoms with Crippen molar-refractivity contribution in [2.75, 3.05) is 14.1 Å². The van der Waals surface area contributed by atoms with Crippen LogP contribution in [0.2, 0.25) is 0 Å². The van der Waals surface area contributed by atoms with Crippen molar-refractivity contribution in [2.24, 2.45) is 10.2 Å². The summed E-state index contributed by atoms with van der Waals surface area (Å²) in [6.07, 6.45) is -0.805. The zero-order valence-corrected chi connectivity index (χ0v) is 11.7. The number of aromatic carboxylic acids is 1. The van der Waals surface area contributed by atoms with E-state index in [4.69, 9.17) is 17.3 Å². The number of thiocarbonyl (C=S) groups is 1. The maximum Gasteiger partial charge on any atom is 0.335 e. The minimum Gasteiger partial charge on any atom is -0.478 e. The Morgan fingerprint density at radius 1 is 1.40 bits per heavy atom. The Morgan fingerprint density at radius 3 is 2.65 bits per heavy atom. The molecule has 0 spiro atoms. The van der Waals surface area contributed by atoms with Crippen LogP contribution in [0.15, 0.2) is 34.5 Å². The highest BCUT2D eigenvalue weighted by Crippen LogP contribution is 2.19. The van der Waals surface area contributed by atoms with Crippen LogP contribution in [0.1, 0.15) is 10.4 Å². The molecule has 1 unspecified atom stereocenters. The molecule has 0 aromatic heterocycles. The van der Waals surface area contributed by atoms with Crippen molar-refractivity contribution in [1.29, 1.82) is 0 Å². The van der Waals surface area contributed by atoms with Crippen molar-refractivity contribution >= 4 is 34.9 Å². The lowest BCUT2D eigenvalue weighted by atomic mass is 10.2. The Hall–Kier alpha value is -2.35. The number of hydrogen-bond donors (Lipinski definition) is 1. The van der Waals surface area contributed by atoms with E-state index in [0.717, 1.165) is 0 Å². The Morgan fingerprint density at radius 2 is 2.10 bits per heavy atom. The van der Waals surface area contributed by atoms with Crippen LogP contribution in [0.25, 0.3) is 0 Å². The molecule has 20 heavy (non-hydrogen) atoms. The van der Waals surface area contributed by atoms with Crippen molar-refractivity contribution < 1.29 is 14.7 Å². The quantitative estimate of drug-likeness (QED) is 0.673. The summed E-state index contributed by atoms with van der Waals surface area (Å²) in [5.41, 5.74) is 0.478. The molecular formula is C12H12N4O3S. The molecular weight excluding hydrogens is 280 g/mol. The second-order valence-electron chi connectivity index (χ2n) is 4.24. The van der Waals surface area contributed by atoms with E-state index in [0.29, 0.717) is 10.8 Å². The highest BCUT2D eigenvalue weighted by molar-refractivity contribution is 7.80.